The van der Waals surface area contributed by atoms with E-state index < -0.39 is 0 Å². The van der Waals surface area contributed by atoms with Crippen molar-refractivity contribution in [2.24, 2.45) is 5.73 Å². The highest BCUT2D eigenvalue weighted by molar-refractivity contribution is 7.98. The Morgan fingerprint density at radius 2 is 1.53 bits per heavy atom. The van der Waals surface area contributed by atoms with Gasteiger partial charge in [0.15, 0.2) is 5.75 Å². The largest absolute Gasteiger partial charge is 0.490 e. The van der Waals surface area contributed by atoms with Gasteiger partial charge in [0.2, 0.25) is 0 Å². The van der Waals surface area contributed by atoms with Gasteiger partial charge in [-0.15, -0.1) is 11.8 Å². The van der Waals surface area contributed by atoms with Crippen LogP contribution >= 0.6 is 35.0 Å². The minimum Gasteiger partial charge on any atom is -0.490 e. The average Bonchev–Trinajstić information content (AvgIpc) is 2.91. The maximum atomic E-state index is 6.24. The first-order valence-electron chi connectivity index (χ1n) is 12.6. The molecule has 198 valence electrons. The van der Waals surface area contributed by atoms with Gasteiger partial charge in [0.05, 0.1) is 10.0 Å². The predicted octanol–water partition coefficient (Wildman–Crippen LogP) is 8.74. The normalized spacial score (nSPS) is 11.8. The fourth-order valence-corrected chi connectivity index (χ4v) is 5.96. The first kappa shape index (κ1) is 28.4. The molecule has 0 radical (unpaired) electrons. The first-order chi connectivity index (χ1) is 18.4. The highest BCUT2D eigenvalue weighted by atomic mass is 35.5. The third-order valence-electron chi connectivity index (χ3n) is 6.56. The van der Waals surface area contributed by atoms with Gasteiger partial charge in [-0.2, -0.15) is 0 Å². The standard InChI is InChI=1S/C32H33Cl2NO2S/c1-21-16-29(33)32(30(34)17-21)37-15-14-36-26-11-8-23(9-12-26)19-25(20-35)27-13-10-24(18-22(27)2)28-6-4-5-7-31(28)38-3/h4-13,16-18,25H,14-15,19-20,35H2,1-3H3. The number of thioether (sulfide) groups is 1. The van der Waals surface area contributed by atoms with Crippen LogP contribution in [0.1, 0.15) is 28.2 Å². The van der Waals surface area contributed by atoms with Gasteiger partial charge in [-0.25, -0.2) is 0 Å². The van der Waals surface area contributed by atoms with Gasteiger partial charge in [0, 0.05) is 10.8 Å². The number of ether oxygens (including phenoxy) is 2. The van der Waals surface area contributed by atoms with Crippen LogP contribution in [0.2, 0.25) is 10.0 Å². The van der Waals surface area contributed by atoms with E-state index in [0.29, 0.717) is 35.6 Å². The molecule has 2 N–H and O–H groups in total. The van der Waals surface area contributed by atoms with Crippen LogP contribution in [0.3, 0.4) is 0 Å². The van der Waals surface area contributed by atoms with E-state index in [0.717, 1.165) is 17.7 Å². The summed E-state index contributed by atoms with van der Waals surface area (Å²) in [5.41, 5.74) is 13.5. The number of benzene rings is 4. The second-order valence-electron chi connectivity index (χ2n) is 9.31. The second kappa shape index (κ2) is 13.4. The van der Waals surface area contributed by atoms with E-state index in [1.54, 1.807) is 11.8 Å². The Kier molecular flexibility index (Phi) is 10.0. The second-order valence-corrected chi connectivity index (χ2v) is 11.0. The molecule has 0 aliphatic rings. The zero-order valence-corrected chi connectivity index (χ0v) is 24.3. The third kappa shape index (κ3) is 7.06. The molecule has 4 aromatic carbocycles. The Morgan fingerprint density at radius 1 is 0.842 bits per heavy atom. The Labute approximate surface area is 240 Å². The van der Waals surface area contributed by atoms with Crippen molar-refractivity contribution in [1.82, 2.24) is 0 Å². The van der Waals surface area contributed by atoms with E-state index in [2.05, 4.69) is 67.8 Å². The summed E-state index contributed by atoms with van der Waals surface area (Å²) in [6.07, 6.45) is 2.98. The summed E-state index contributed by atoms with van der Waals surface area (Å²) in [6, 6.07) is 27.1. The summed E-state index contributed by atoms with van der Waals surface area (Å²) in [6.45, 7) is 5.43. The molecule has 0 heterocycles. The van der Waals surface area contributed by atoms with E-state index in [-0.39, 0.29) is 5.92 Å². The summed E-state index contributed by atoms with van der Waals surface area (Å²) < 4.78 is 11.6. The molecule has 0 amide bonds. The molecule has 3 nitrogen and oxygen atoms in total. The van der Waals surface area contributed by atoms with Gasteiger partial charge in [-0.05, 0) is 96.8 Å². The first-order valence-corrected chi connectivity index (χ1v) is 14.6. The van der Waals surface area contributed by atoms with Crippen LogP contribution in [-0.4, -0.2) is 26.0 Å². The summed E-state index contributed by atoms with van der Waals surface area (Å²) in [5, 5.41) is 1.01. The number of aryl methyl sites for hydroxylation is 2. The minimum absolute atomic E-state index is 0.240. The molecule has 38 heavy (non-hydrogen) atoms. The van der Waals surface area contributed by atoms with Gasteiger partial charge >= 0.3 is 0 Å². The van der Waals surface area contributed by atoms with Gasteiger partial charge in [0.1, 0.15) is 19.0 Å². The topological polar surface area (TPSA) is 44.5 Å². The highest BCUT2D eigenvalue weighted by Gasteiger charge is 2.15. The molecule has 6 heteroatoms. The SMILES string of the molecule is CSc1ccccc1-c1ccc(C(CN)Cc2ccc(OCCOc3c(Cl)cc(C)cc3Cl)cc2)c(C)c1. The van der Waals surface area contributed by atoms with Gasteiger partial charge in [-0.1, -0.05) is 71.7 Å². The quantitative estimate of drug-likeness (QED) is 0.146. The van der Waals surface area contributed by atoms with Crippen molar-refractivity contribution < 1.29 is 9.47 Å². The molecule has 0 aromatic heterocycles. The molecule has 1 atom stereocenters. The van der Waals surface area contributed by atoms with Crippen LogP contribution in [-0.2, 0) is 6.42 Å². The van der Waals surface area contributed by atoms with Crippen molar-refractivity contribution >= 4 is 35.0 Å². The molecular formula is C32H33Cl2NO2S. The number of hydrogen-bond donors (Lipinski definition) is 1. The van der Waals surface area contributed by atoms with Crippen molar-refractivity contribution in [3.8, 4) is 22.6 Å². The van der Waals surface area contributed by atoms with Crippen LogP contribution < -0.4 is 15.2 Å². The van der Waals surface area contributed by atoms with Crippen LogP contribution in [0, 0.1) is 13.8 Å². The van der Waals surface area contributed by atoms with Crippen molar-refractivity contribution in [2.45, 2.75) is 31.1 Å². The van der Waals surface area contributed by atoms with Crippen LogP contribution in [0.15, 0.2) is 83.8 Å². The molecule has 0 spiro atoms. The average molecular weight is 567 g/mol. The summed E-state index contributed by atoms with van der Waals surface area (Å²) in [5.74, 6) is 1.52. The summed E-state index contributed by atoms with van der Waals surface area (Å²) in [7, 11) is 0. The lowest BCUT2D eigenvalue weighted by atomic mass is 9.87. The Balaban J connectivity index is 1.35. The van der Waals surface area contributed by atoms with E-state index in [4.69, 9.17) is 38.4 Å². The molecular weight excluding hydrogens is 533 g/mol. The van der Waals surface area contributed by atoms with E-state index in [1.807, 2.05) is 31.2 Å². The monoisotopic (exact) mass is 565 g/mol. The fraction of sp³-hybridized carbons (Fsp3) is 0.250. The maximum Gasteiger partial charge on any atom is 0.156 e. The van der Waals surface area contributed by atoms with E-state index in [1.165, 1.54) is 32.7 Å². The molecule has 0 aliphatic carbocycles. The van der Waals surface area contributed by atoms with E-state index in [9.17, 15) is 0 Å². The van der Waals surface area contributed by atoms with Crippen molar-refractivity contribution in [1.29, 1.82) is 0 Å². The third-order valence-corrected chi connectivity index (χ3v) is 7.92. The number of hydrogen-bond acceptors (Lipinski definition) is 4. The molecule has 0 aliphatic heterocycles. The zero-order chi connectivity index (χ0) is 27.1. The summed E-state index contributed by atoms with van der Waals surface area (Å²) in [4.78, 5) is 1.28. The van der Waals surface area contributed by atoms with Gasteiger partial charge < -0.3 is 15.2 Å². The lowest BCUT2D eigenvalue weighted by molar-refractivity contribution is 0.217. The highest BCUT2D eigenvalue weighted by Crippen LogP contribution is 2.35. The van der Waals surface area contributed by atoms with E-state index >= 15 is 0 Å². The lowest BCUT2D eigenvalue weighted by Crippen LogP contribution is -2.16. The number of rotatable bonds is 11. The summed E-state index contributed by atoms with van der Waals surface area (Å²) >= 11 is 14.3. The minimum atomic E-state index is 0.240. The van der Waals surface area contributed by atoms with Crippen molar-refractivity contribution in [2.75, 3.05) is 26.0 Å². The van der Waals surface area contributed by atoms with Crippen LogP contribution in [0.25, 0.3) is 11.1 Å². The molecule has 0 fully saturated rings. The van der Waals surface area contributed by atoms with Crippen LogP contribution in [0.4, 0.5) is 0 Å². The number of nitrogens with two attached hydrogens (primary N) is 1. The molecule has 4 aromatic rings. The van der Waals surface area contributed by atoms with Crippen molar-refractivity contribution in [3.63, 3.8) is 0 Å². The Bertz CT molecular complexity index is 1350. The molecule has 1 unspecified atom stereocenters. The molecule has 0 saturated heterocycles. The maximum absolute atomic E-state index is 6.24. The fourth-order valence-electron chi connectivity index (χ4n) is 4.64. The van der Waals surface area contributed by atoms with Gasteiger partial charge in [0.25, 0.3) is 0 Å². The van der Waals surface area contributed by atoms with Gasteiger partial charge in [-0.3, -0.25) is 0 Å². The Morgan fingerprint density at radius 3 is 2.18 bits per heavy atom. The predicted molar refractivity (Wildman–Crippen MR) is 163 cm³/mol. The zero-order valence-electron chi connectivity index (χ0n) is 22.0. The molecule has 4 rings (SSSR count). The van der Waals surface area contributed by atoms with Crippen molar-refractivity contribution in [3.05, 3.63) is 111 Å². The smallest absolute Gasteiger partial charge is 0.156 e. The van der Waals surface area contributed by atoms with Crippen LogP contribution in [0.5, 0.6) is 11.5 Å². The number of halogens is 2. The lowest BCUT2D eigenvalue weighted by Gasteiger charge is -2.19. The molecule has 0 bridgehead atoms. The Hall–Kier alpha value is -2.63. The molecule has 0 saturated carbocycles.